The van der Waals surface area contributed by atoms with Crippen LogP contribution in [0.15, 0.2) is 18.2 Å². The molecule has 0 spiro atoms. The van der Waals surface area contributed by atoms with Crippen LogP contribution in [0, 0.1) is 0 Å². The third-order valence-electron chi connectivity index (χ3n) is 5.94. The lowest BCUT2D eigenvalue weighted by molar-refractivity contribution is -0.146. The van der Waals surface area contributed by atoms with Crippen LogP contribution in [0.2, 0.25) is 0 Å². The van der Waals surface area contributed by atoms with Gasteiger partial charge in [-0.3, -0.25) is 34.1 Å². The van der Waals surface area contributed by atoms with Crippen LogP contribution < -0.4 is 5.32 Å². The zero-order valence-electron chi connectivity index (χ0n) is 25.4. The zero-order chi connectivity index (χ0) is 31.1. The number of carbonyl (C=O) groups is 4. The highest BCUT2D eigenvalue weighted by atomic mass is 16.6. The Morgan fingerprint density at radius 3 is 1.88 bits per heavy atom. The van der Waals surface area contributed by atoms with Crippen molar-refractivity contribution < 1.29 is 38.5 Å². The molecule has 0 aromatic carbocycles. The molecule has 2 rings (SSSR count). The molecule has 1 aliphatic rings. The van der Waals surface area contributed by atoms with Crippen LogP contribution in [-0.4, -0.2) is 120 Å². The van der Waals surface area contributed by atoms with Crippen LogP contribution in [0.25, 0.3) is 6.08 Å². The number of esters is 2. The van der Waals surface area contributed by atoms with Gasteiger partial charge in [-0.1, -0.05) is 12.2 Å². The first-order valence-corrected chi connectivity index (χ1v) is 14.2. The number of nitrogens with one attached hydrogen (secondary N) is 1. The van der Waals surface area contributed by atoms with E-state index in [-0.39, 0.29) is 57.9 Å². The SMILES string of the molecule is CCOC(=O)CN1CCN(CC(=O)O)Cc2cc(C=CCNC(=O)OC(C)(C)C)cc(n2)CN(CC(=O)OCC)CC1. The number of hydrogen-bond donors (Lipinski definition) is 2. The van der Waals surface area contributed by atoms with Crippen LogP contribution in [0.5, 0.6) is 0 Å². The van der Waals surface area contributed by atoms with Gasteiger partial charge in [-0.15, -0.1) is 0 Å². The minimum absolute atomic E-state index is 0.0448. The molecule has 1 aliphatic heterocycles. The van der Waals surface area contributed by atoms with Crippen molar-refractivity contribution in [1.82, 2.24) is 25.0 Å². The Morgan fingerprint density at radius 2 is 1.38 bits per heavy atom. The van der Waals surface area contributed by atoms with Crippen molar-refractivity contribution in [3.8, 4) is 0 Å². The van der Waals surface area contributed by atoms with E-state index in [1.54, 1.807) is 45.6 Å². The lowest BCUT2D eigenvalue weighted by Crippen LogP contribution is -2.44. The average Bonchev–Trinajstić information content (AvgIpc) is 2.86. The van der Waals surface area contributed by atoms with Crippen LogP contribution in [0.1, 0.15) is 51.6 Å². The number of carboxylic acids is 1. The highest BCUT2D eigenvalue weighted by Gasteiger charge is 2.21. The summed E-state index contributed by atoms with van der Waals surface area (Å²) in [5.74, 6) is -1.70. The molecule has 13 nitrogen and oxygen atoms in total. The number of aromatic nitrogens is 1. The molecule has 0 fully saturated rings. The van der Waals surface area contributed by atoms with E-state index in [2.05, 4.69) is 5.32 Å². The Balaban J connectivity index is 2.32. The Hall–Kier alpha value is -3.55. The number of carboxylic acid groups (broad SMARTS) is 1. The number of hydrogen-bond acceptors (Lipinski definition) is 11. The van der Waals surface area contributed by atoms with Gasteiger partial charge in [0.15, 0.2) is 0 Å². The second kappa shape index (κ2) is 17.4. The molecule has 0 radical (unpaired) electrons. The molecular weight excluding hydrogens is 546 g/mol. The fourth-order valence-corrected chi connectivity index (χ4v) is 4.28. The molecule has 234 valence electrons. The van der Waals surface area contributed by atoms with Gasteiger partial charge in [-0.2, -0.15) is 0 Å². The van der Waals surface area contributed by atoms with E-state index >= 15 is 0 Å². The van der Waals surface area contributed by atoms with Crippen LogP contribution in [0.3, 0.4) is 0 Å². The number of fused-ring (bicyclic) bond motifs is 2. The number of ether oxygens (including phenoxy) is 3. The average molecular weight is 592 g/mol. The van der Waals surface area contributed by atoms with Gasteiger partial charge in [-0.25, -0.2) is 4.79 Å². The molecule has 2 N–H and O–H groups in total. The molecule has 0 atom stereocenters. The normalized spacial score (nSPS) is 15.8. The monoisotopic (exact) mass is 591 g/mol. The van der Waals surface area contributed by atoms with Gasteiger partial charge in [-0.05, 0) is 52.3 Å². The Kier molecular flexibility index (Phi) is 14.4. The topological polar surface area (TPSA) is 151 Å². The van der Waals surface area contributed by atoms with E-state index in [9.17, 15) is 24.3 Å². The first kappa shape index (κ1) is 34.7. The summed E-state index contributed by atoms with van der Waals surface area (Å²) >= 11 is 0. The first-order chi connectivity index (χ1) is 19.9. The summed E-state index contributed by atoms with van der Waals surface area (Å²) in [5, 5.41) is 12.2. The second-order valence-corrected chi connectivity index (χ2v) is 10.9. The predicted molar refractivity (Wildman–Crippen MR) is 155 cm³/mol. The number of alkyl carbamates (subject to hydrolysis) is 1. The van der Waals surface area contributed by atoms with Crippen molar-refractivity contribution in [3.63, 3.8) is 0 Å². The van der Waals surface area contributed by atoms with Crippen molar-refractivity contribution in [2.24, 2.45) is 0 Å². The number of aliphatic carboxylic acids is 1. The van der Waals surface area contributed by atoms with Gasteiger partial charge in [0, 0.05) is 45.8 Å². The summed E-state index contributed by atoms with van der Waals surface area (Å²) in [4.78, 5) is 58.6. The molecular formula is C29H45N5O8. The van der Waals surface area contributed by atoms with Crippen LogP contribution in [-0.2, 0) is 41.7 Å². The van der Waals surface area contributed by atoms with Gasteiger partial charge >= 0.3 is 24.0 Å². The molecule has 1 amide bonds. The molecule has 1 aromatic rings. The van der Waals surface area contributed by atoms with E-state index in [4.69, 9.17) is 19.2 Å². The minimum Gasteiger partial charge on any atom is -0.480 e. The molecule has 13 heteroatoms. The van der Waals surface area contributed by atoms with Crippen molar-refractivity contribution in [2.75, 3.05) is 65.6 Å². The fourth-order valence-electron chi connectivity index (χ4n) is 4.28. The first-order valence-electron chi connectivity index (χ1n) is 14.2. The molecule has 0 aliphatic carbocycles. The number of rotatable bonds is 11. The van der Waals surface area contributed by atoms with Gasteiger partial charge in [0.25, 0.3) is 0 Å². The summed E-state index contributed by atoms with van der Waals surface area (Å²) in [6, 6.07) is 3.75. The fraction of sp³-hybridized carbons (Fsp3) is 0.621. The maximum absolute atomic E-state index is 12.4. The third kappa shape index (κ3) is 14.4. The van der Waals surface area contributed by atoms with Gasteiger partial charge in [0.05, 0.1) is 44.2 Å². The highest BCUT2D eigenvalue weighted by Crippen LogP contribution is 2.14. The van der Waals surface area contributed by atoms with Crippen LogP contribution in [0.4, 0.5) is 4.79 Å². The third-order valence-corrected chi connectivity index (χ3v) is 5.94. The van der Waals surface area contributed by atoms with Gasteiger partial charge < -0.3 is 24.6 Å². The summed E-state index contributed by atoms with van der Waals surface area (Å²) in [6.45, 7) is 11.8. The predicted octanol–water partition coefficient (Wildman–Crippen LogP) is 1.75. The summed E-state index contributed by atoms with van der Waals surface area (Å²) in [7, 11) is 0. The summed E-state index contributed by atoms with van der Waals surface area (Å²) < 4.78 is 15.6. The number of nitrogens with zero attached hydrogens (tertiary/aromatic N) is 4. The largest absolute Gasteiger partial charge is 0.480 e. The molecule has 2 heterocycles. The lowest BCUT2D eigenvalue weighted by atomic mass is 10.1. The van der Waals surface area contributed by atoms with E-state index < -0.39 is 17.7 Å². The molecule has 42 heavy (non-hydrogen) atoms. The minimum atomic E-state index is -0.968. The van der Waals surface area contributed by atoms with Gasteiger partial charge in [0.2, 0.25) is 0 Å². The van der Waals surface area contributed by atoms with E-state index in [0.717, 1.165) is 5.56 Å². The lowest BCUT2D eigenvalue weighted by Gasteiger charge is -2.30. The maximum Gasteiger partial charge on any atom is 0.407 e. The Bertz CT molecular complexity index is 1090. The summed E-state index contributed by atoms with van der Waals surface area (Å²) in [6.07, 6.45) is 3.11. The maximum atomic E-state index is 12.4. The summed E-state index contributed by atoms with van der Waals surface area (Å²) in [5.41, 5.74) is 1.55. The smallest absolute Gasteiger partial charge is 0.407 e. The molecule has 0 saturated carbocycles. The standard InChI is InChI=1S/C29H45N5O8/c1-6-40-26(37)20-32-11-13-33(19-25(35)36)17-23-15-22(9-8-10-30-28(39)42-29(3,4)5)16-24(31-23)18-34(14-12-32)21-27(38)41-7-2/h8-9,15-16H,6-7,10-14,17-21H2,1-5H3,(H,30,39)(H,35,36). The second-order valence-electron chi connectivity index (χ2n) is 10.9. The van der Waals surface area contributed by atoms with Crippen LogP contribution >= 0.6 is 0 Å². The van der Waals surface area contributed by atoms with E-state index in [0.29, 0.717) is 44.1 Å². The van der Waals surface area contributed by atoms with E-state index in [1.165, 1.54) is 0 Å². The molecule has 1 aromatic heterocycles. The Morgan fingerprint density at radius 1 is 0.881 bits per heavy atom. The highest BCUT2D eigenvalue weighted by molar-refractivity contribution is 5.72. The molecule has 0 saturated heterocycles. The van der Waals surface area contributed by atoms with Crippen molar-refractivity contribution in [3.05, 3.63) is 35.2 Å². The quantitative estimate of drug-likeness (QED) is 0.285. The van der Waals surface area contributed by atoms with Crippen molar-refractivity contribution in [2.45, 2.75) is 53.3 Å². The molecule has 0 unspecified atom stereocenters. The van der Waals surface area contributed by atoms with Gasteiger partial charge in [0.1, 0.15) is 5.60 Å². The number of pyridine rings is 1. The number of amides is 1. The van der Waals surface area contributed by atoms with Crippen molar-refractivity contribution >= 4 is 30.1 Å². The van der Waals surface area contributed by atoms with Crippen molar-refractivity contribution in [1.29, 1.82) is 0 Å². The van der Waals surface area contributed by atoms with E-state index in [1.807, 2.05) is 28.0 Å². The molecule has 2 bridgehead atoms. The zero-order valence-corrected chi connectivity index (χ0v) is 25.4. The number of carbonyl (C=O) groups excluding carboxylic acids is 3. The Labute approximate surface area is 247 Å².